The minimum absolute atomic E-state index is 0. The number of hydrogen-bond acceptors (Lipinski definition) is 6. The molecular formula is C29H53Cl2N3O4. The molecule has 4 saturated carbocycles. The van der Waals surface area contributed by atoms with E-state index in [4.69, 9.17) is 15.2 Å². The van der Waals surface area contributed by atoms with Crippen molar-refractivity contribution in [3.63, 3.8) is 0 Å². The van der Waals surface area contributed by atoms with E-state index in [0.717, 1.165) is 83.8 Å². The van der Waals surface area contributed by atoms with Gasteiger partial charge in [0.25, 0.3) is 0 Å². The molecular weight excluding hydrogens is 525 g/mol. The van der Waals surface area contributed by atoms with E-state index >= 15 is 0 Å². The third-order valence-corrected chi connectivity index (χ3v) is 11.5. The summed E-state index contributed by atoms with van der Waals surface area (Å²) in [5.41, 5.74) is 7.09. The van der Waals surface area contributed by atoms with Crippen LogP contribution in [-0.2, 0) is 14.3 Å². The van der Waals surface area contributed by atoms with Crippen molar-refractivity contribution < 1.29 is 19.1 Å². The molecule has 8 atom stereocenters. The van der Waals surface area contributed by atoms with Crippen molar-refractivity contribution in [2.45, 2.75) is 104 Å². The molecule has 0 unspecified atom stereocenters. The van der Waals surface area contributed by atoms with Gasteiger partial charge < -0.3 is 25.4 Å². The Kier molecular flexibility index (Phi) is 11.7. The second-order valence-electron chi connectivity index (χ2n) is 12.7. The molecule has 7 nitrogen and oxygen atoms in total. The average molecular weight is 579 g/mol. The molecule has 3 N–H and O–H groups in total. The first-order chi connectivity index (χ1) is 17.1. The predicted molar refractivity (Wildman–Crippen MR) is 156 cm³/mol. The molecule has 9 heteroatoms. The lowest BCUT2D eigenvalue weighted by atomic mass is 9.42. The lowest BCUT2D eigenvalue weighted by Gasteiger charge is -2.64. The van der Waals surface area contributed by atoms with Crippen molar-refractivity contribution >= 4 is 36.9 Å². The number of nitrogens with zero attached hydrogens (tertiary/aromatic N) is 1. The fourth-order valence-corrected chi connectivity index (χ4v) is 9.14. The van der Waals surface area contributed by atoms with Crippen LogP contribution in [0.1, 0.15) is 91.9 Å². The summed E-state index contributed by atoms with van der Waals surface area (Å²) in [5.74, 6) is 1.46. The molecule has 0 spiro atoms. The molecule has 4 rings (SSSR count). The van der Waals surface area contributed by atoms with Gasteiger partial charge in [-0.05, 0) is 112 Å². The first-order valence-electron chi connectivity index (χ1n) is 14.7. The van der Waals surface area contributed by atoms with Crippen LogP contribution in [0.4, 0.5) is 4.79 Å². The molecule has 4 aliphatic carbocycles. The molecule has 0 aromatic carbocycles. The standard InChI is InChI=1S/C29H51N3O4.2ClH/c1-6-32(7-2)18-8-17-31-26(34)36-21-11-14-27(3)20(19-21)9-10-23-22(27)12-15-28(4)24(25(33)35-5)13-16-29(23,28)30;;/h20-24H,6-19,30H2,1-5H3,(H,31,34);2*1H/t20-,21+,22+,23-,24-,27+,28-,29+;;/m1../s1. The van der Waals surface area contributed by atoms with Gasteiger partial charge in [-0.15, -0.1) is 24.8 Å². The van der Waals surface area contributed by atoms with E-state index in [1.807, 2.05) is 0 Å². The van der Waals surface area contributed by atoms with E-state index in [1.165, 1.54) is 7.11 Å². The Bertz CT molecular complexity index is 815. The Morgan fingerprint density at radius 3 is 2.34 bits per heavy atom. The number of carbonyl (C=O) groups excluding carboxylic acids is 2. The van der Waals surface area contributed by atoms with Crippen LogP contribution in [0.3, 0.4) is 0 Å². The van der Waals surface area contributed by atoms with Crippen LogP contribution in [-0.4, -0.2) is 61.9 Å². The number of alkyl carbamates (subject to hydrolysis) is 1. The highest BCUT2D eigenvalue weighted by Crippen LogP contribution is 2.68. The van der Waals surface area contributed by atoms with Gasteiger partial charge in [-0.1, -0.05) is 27.7 Å². The zero-order valence-electron chi connectivity index (χ0n) is 24.3. The minimum atomic E-state index is -0.291. The average Bonchev–Trinajstić information content (AvgIpc) is 3.15. The summed E-state index contributed by atoms with van der Waals surface area (Å²) in [6.45, 7) is 12.8. The molecule has 0 aliphatic heterocycles. The number of nitrogens with one attached hydrogen (secondary N) is 1. The molecule has 4 aliphatic rings. The summed E-state index contributed by atoms with van der Waals surface area (Å²) in [4.78, 5) is 27.4. The largest absolute Gasteiger partial charge is 0.469 e. The van der Waals surface area contributed by atoms with E-state index in [9.17, 15) is 9.59 Å². The molecule has 0 radical (unpaired) electrons. The molecule has 0 saturated heterocycles. The predicted octanol–water partition coefficient (Wildman–Crippen LogP) is 5.57. The van der Waals surface area contributed by atoms with Crippen molar-refractivity contribution in [1.29, 1.82) is 0 Å². The Morgan fingerprint density at radius 1 is 0.974 bits per heavy atom. The summed E-state index contributed by atoms with van der Waals surface area (Å²) >= 11 is 0. The number of fused-ring (bicyclic) bond motifs is 5. The number of carbonyl (C=O) groups is 2. The van der Waals surface area contributed by atoms with Crippen LogP contribution < -0.4 is 11.1 Å². The highest BCUT2D eigenvalue weighted by molar-refractivity contribution is 5.85. The third-order valence-electron chi connectivity index (χ3n) is 11.5. The first-order valence-corrected chi connectivity index (χ1v) is 14.7. The van der Waals surface area contributed by atoms with Crippen LogP contribution in [0.2, 0.25) is 0 Å². The Balaban J connectivity index is 0.00000253. The summed E-state index contributed by atoms with van der Waals surface area (Å²) in [5, 5.41) is 2.97. The number of halogens is 2. The normalized spacial score (nSPS) is 39.5. The van der Waals surface area contributed by atoms with Gasteiger partial charge in [-0.3, -0.25) is 4.79 Å². The van der Waals surface area contributed by atoms with Gasteiger partial charge in [0.15, 0.2) is 0 Å². The summed E-state index contributed by atoms with van der Waals surface area (Å²) in [7, 11) is 1.51. The molecule has 1 amide bonds. The number of rotatable bonds is 8. The maximum absolute atomic E-state index is 12.6. The van der Waals surface area contributed by atoms with Crippen molar-refractivity contribution in [1.82, 2.24) is 10.2 Å². The van der Waals surface area contributed by atoms with Crippen molar-refractivity contribution in [2.75, 3.05) is 33.3 Å². The van der Waals surface area contributed by atoms with Crippen molar-refractivity contribution in [2.24, 2.45) is 40.2 Å². The van der Waals surface area contributed by atoms with Gasteiger partial charge in [-0.2, -0.15) is 0 Å². The summed E-state index contributed by atoms with van der Waals surface area (Å²) in [6, 6.07) is 0. The molecule has 4 fully saturated rings. The molecule has 0 heterocycles. The Morgan fingerprint density at radius 2 is 1.68 bits per heavy atom. The molecule has 38 heavy (non-hydrogen) atoms. The van der Waals surface area contributed by atoms with E-state index in [0.29, 0.717) is 24.3 Å². The summed E-state index contributed by atoms with van der Waals surface area (Å²) < 4.78 is 11.1. The van der Waals surface area contributed by atoms with E-state index in [1.54, 1.807) is 0 Å². The van der Waals surface area contributed by atoms with Crippen molar-refractivity contribution in [3.8, 4) is 0 Å². The number of esters is 1. The number of ether oxygens (including phenoxy) is 2. The van der Waals surface area contributed by atoms with Gasteiger partial charge in [0, 0.05) is 12.1 Å². The lowest BCUT2D eigenvalue weighted by molar-refractivity contribution is -0.160. The topological polar surface area (TPSA) is 93.9 Å². The van der Waals surface area contributed by atoms with E-state index in [2.05, 4.69) is 37.9 Å². The second kappa shape index (κ2) is 13.3. The number of methoxy groups -OCH3 is 1. The number of nitrogens with two attached hydrogens (primary N) is 1. The zero-order valence-corrected chi connectivity index (χ0v) is 25.9. The smallest absolute Gasteiger partial charge is 0.407 e. The first kappa shape index (κ1) is 33.4. The summed E-state index contributed by atoms with van der Waals surface area (Å²) in [6.07, 6.45) is 9.86. The zero-order chi connectivity index (χ0) is 26.1. The number of hydrogen-bond donors (Lipinski definition) is 2. The van der Waals surface area contributed by atoms with Crippen molar-refractivity contribution in [3.05, 3.63) is 0 Å². The number of amides is 1. The van der Waals surface area contributed by atoms with Crippen LogP contribution in [0, 0.1) is 34.5 Å². The van der Waals surface area contributed by atoms with E-state index in [-0.39, 0.29) is 65.3 Å². The van der Waals surface area contributed by atoms with Gasteiger partial charge in [0.2, 0.25) is 0 Å². The van der Waals surface area contributed by atoms with Gasteiger partial charge in [0.05, 0.1) is 13.0 Å². The molecule has 222 valence electrons. The quantitative estimate of drug-likeness (QED) is 0.289. The lowest BCUT2D eigenvalue weighted by Crippen LogP contribution is -2.66. The van der Waals surface area contributed by atoms with Gasteiger partial charge in [0.1, 0.15) is 6.10 Å². The van der Waals surface area contributed by atoms with Crippen LogP contribution >= 0.6 is 24.8 Å². The van der Waals surface area contributed by atoms with E-state index < -0.39 is 0 Å². The minimum Gasteiger partial charge on any atom is -0.469 e. The molecule has 0 aromatic heterocycles. The fourth-order valence-electron chi connectivity index (χ4n) is 9.14. The Labute approximate surface area is 242 Å². The second-order valence-corrected chi connectivity index (χ2v) is 12.7. The van der Waals surface area contributed by atoms with Gasteiger partial charge >= 0.3 is 12.1 Å². The fraction of sp³-hybridized carbons (Fsp3) is 0.931. The van der Waals surface area contributed by atoms with Crippen LogP contribution in [0.5, 0.6) is 0 Å². The maximum atomic E-state index is 12.6. The SMILES string of the molecule is CCN(CC)CCCNC(=O)O[C@H]1CC[C@@]2(C)[C@H](CC[C@@H]3[C@@H]2CC[C@]2(C)[C@@H](C(=O)OC)CC[C@]32N)C1.Cl.Cl. The highest BCUT2D eigenvalue weighted by Gasteiger charge is 2.67. The maximum Gasteiger partial charge on any atom is 0.407 e. The van der Waals surface area contributed by atoms with Gasteiger partial charge in [-0.25, -0.2) is 4.79 Å². The monoisotopic (exact) mass is 577 g/mol. The van der Waals surface area contributed by atoms with Crippen LogP contribution in [0.15, 0.2) is 0 Å². The highest BCUT2D eigenvalue weighted by atomic mass is 35.5. The van der Waals surface area contributed by atoms with Crippen LogP contribution in [0.25, 0.3) is 0 Å². The molecule has 0 bridgehead atoms. The third kappa shape index (κ3) is 5.82. The Hall–Kier alpha value is -0.760. The molecule has 0 aromatic rings.